The van der Waals surface area contributed by atoms with Gasteiger partial charge in [0.15, 0.2) is 22.9 Å². The second-order valence-electron chi connectivity index (χ2n) is 5.95. The van der Waals surface area contributed by atoms with Crippen molar-refractivity contribution in [2.45, 2.75) is 20.8 Å². The molecular formula is C20H19NO4. The van der Waals surface area contributed by atoms with E-state index in [0.29, 0.717) is 22.3 Å². The number of rotatable bonds is 4. The Balaban J connectivity index is 2.09. The minimum Gasteiger partial charge on any atom is -0.493 e. The van der Waals surface area contributed by atoms with E-state index < -0.39 is 0 Å². The van der Waals surface area contributed by atoms with Gasteiger partial charge in [-0.1, -0.05) is 18.2 Å². The Morgan fingerprint density at radius 3 is 2.36 bits per heavy atom. The number of methoxy groups -OCH3 is 1. The van der Waals surface area contributed by atoms with Crippen LogP contribution in [0.1, 0.15) is 39.0 Å². The normalized spacial score (nSPS) is 10.7. The fourth-order valence-corrected chi connectivity index (χ4v) is 2.82. The Morgan fingerprint density at radius 2 is 1.76 bits per heavy atom. The maximum Gasteiger partial charge on any atom is 0.256 e. The minimum atomic E-state index is -0.263. The number of nitrogens with one attached hydrogen (secondary N) is 1. The zero-order valence-corrected chi connectivity index (χ0v) is 14.6. The Morgan fingerprint density at radius 1 is 1.08 bits per heavy atom. The molecule has 1 N–H and O–H groups in total. The highest BCUT2D eigenvalue weighted by molar-refractivity contribution is 6.14. The molecule has 2 aromatic carbocycles. The highest BCUT2D eigenvalue weighted by Gasteiger charge is 2.19. The number of para-hydroxylation sites is 1. The van der Waals surface area contributed by atoms with E-state index in [-0.39, 0.29) is 17.5 Å². The fraction of sp³-hybridized carbons (Fsp3) is 0.200. The summed E-state index contributed by atoms with van der Waals surface area (Å²) >= 11 is 0. The van der Waals surface area contributed by atoms with Crippen LogP contribution in [0.25, 0.3) is 11.0 Å². The molecule has 5 nitrogen and oxygen atoms in total. The number of anilines is 1. The van der Waals surface area contributed by atoms with Crippen LogP contribution in [-0.2, 0) is 0 Å². The average Bonchev–Trinajstić information content (AvgIpc) is 3.02. The number of carbonyl (C=O) groups excluding carboxylic acids is 2. The van der Waals surface area contributed by atoms with Gasteiger partial charge in [-0.15, -0.1) is 0 Å². The van der Waals surface area contributed by atoms with E-state index in [1.807, 2.05) is 32.0 Å². The van der Waals surface area contributed by atoms with Gasteiger partial charge in [-0.2, -0.15) is 0 Å². The summed E-state index contributed by atoms with van der Waals surface area (Å²) in [5.41, 5.74) is 3.56. The average molecular weight is 337 g/mol. The zero-order chi connectivity index (χ0) is 18.1. The molecule has 0 spiro atoms. The Bertz CT molecular complexity index is 965. The summed E-state index contributed by atoms with van der Waals surface area (Å²) in [7, 11) is 1.52. The van der Waals surface area contributed by atoms with E-state index in [0.717, 1.165) is 16.8 Å². The fourth-order valence-electron chi connectivity index (χ4n) is 2.82. The molecule has 3 rings (SSSR count). The molecule has 0 saturated carbocycles. The number of Topliss-reactive ketones (excluding diaryl/α,β-unsaturated/α-hetero) is 1. The van der Waals surface area contributed by atoms with E-state index in [2.05, 4.69) is 5.32 Å². The lowest BCUT2D eigenvalue weighted by Gasteiger charge is -2.12. The lowest BCUT2D eigenvalue weighted by Crippen LogP contribution is -2.14. The van der Waals surface area contributed by atoms with Crippen LogP contribution in [0.5, 0.6) is 5.75 Å². The lowest BCUT2D eigenvalue weighted by atomic mass is 10.1. The van der Waals surface area contributed by atoms with Crippen LogP contribution in [0, 0.1) is 13.8 Å². The molecule has 1 aromatic heterocycles. The predicted octanol–water partition coefficient (Wildman–Crippen LogP) is 4.51. The molecule has 0 aliphatic carbocycles. The smallest absolute Gasteiger partial charge is 0.256 e. The van der Waals surface area contributed by atoms with Crippen LogP contribution >= 0.6 is 0 Å². The van der Waals surface area contributed by atoms with Crippen LogP contribution in [0.15, 0.2) is 40.8 Å². The zero-order valence-electron chi connectivity index (χ0n) is 14.6. The molecule has 3 aromatic rings. The van der Waals surface area contributed by atoms with Gasteiger partial charge in [0.05, 0.1) is 12.7 Å². The predicted molar refractivity (Wildman–Crippen MR) is 96.6 cm³/mol. The molecule has 0 aliphatic heterocycles. The summed E-state index contributed by atoms with van der Waals surface area (Å²) in [6.45, 7) is 5.30. The van der Waals surface area contributed by atoms with Crippen molar-refractivity contribution in [1.29, 1.82) is 0 Å². The van der Waals surface area contributed by atoms with E-state index >= 15 is 0 Å². The number of aryl methyl sites for hydroxylation is 2. The molecule has 1 amide bonds. The third kappa shape index (κ3) is 3.01. The molecule has 0 unspecified atom stereocenters. The van der Waals surface area contributed by atoms with Gasteiger partial charge in [-0.25, -0.2) is 0 Å². The van der Waals surface area contributed by atoms with Crippen LogP contribution in [0.2, 0.25) is 0 Å². The van der Waals surface area contributed by atoms with Crippen molar-refractivity contribution in [3.8, 4) is 5.75 Å². The summed E-state index contributed by atoms with van der Waals surface area (Å²) in [5.74, 6) is 0.201. The molecule has 128 valence electrons. The summed E-state index contributed by atoms with van der Waals surface area (Å²) in [5, 5.41) is 3.51. The molecule has 25 heavy (non-hydrogen) atoms. The van der Waals surface area contributed by atoms with Crippen molar-refractivity contribution in [3.05, 3.63) is 58.8 Å². The first-order chi connectivity index (χ1) is 11.9. The highest BCUT2D eigenvalue weighted by Crippen LogP contribution is 2.32. The van der Waals surface area contributed by atoms with Crippen LogP contribution in [0.4, 0.5) is 5.69 Å². The first kappa shape index (κ1) is 16.8. The SMILES string of the molecule is COc1ccc(C(=O)Nc2c(C)cccc2C)c2cc(C(C)=O)oc12. The maximum atomic E-state index is 12.8. The highest BCUT2D eigenvalue weighted by atomic mass is 16.5. The standard InChI is InChI=1S/C20H19NO4/c1-11-6-5-7-12(2)18(11)21-20(23)14-8-9-16(24-4)19-15(14)10-17(25-19)13(3)22/h5-10H,1-4H3,(H,21,23). The van der Waals surface area contributed by atoms with Gasteiger partial charge >= 0.3 is 0 Å². The topological polar surface area (TPSA) is 68.5 Å². The van der Waals surface area contributed by atoms with Crippen molar-refractivity contribution < 1.29 is 18.7 Å². The van der Waals surface area contributed by atoms with Crippen LogP contribution < -0.4 is 10.1 Å². The third-order valence-electron chi connectivity index (χ3n) is 4.18. The third-order valence-corrected chi connectivity index (χ3v) is 4.18. The molecule has 0 fully saturated rings. The number of benzene rings is 2. The Hall–Kier alpha value is -3.08. The molecule has 0 saturated heterocycles. The summed E-state index contributed by atoms with van der Waals surface area (Å²) in [4.78, 5) is 24.5. The number of hydrogen-bond donors (Lipinski definition) is 1. The van der Waals surface area contributed by atoms with E-state index in [1.165, 1.54) is 14.0 Å². The Kier molecular flexibility index (Phi) is 4.31. The van der Waals surface area contributed by atoms with Gasteiger partial charge in [0.25, 0.3) is 5.91 Å². The van der Waals surface area contributed by atoms with Crippen molar-refractivity contribution in [1.82, 2.24) is 0 Å². The monoisotopic (exact) mass is 337 g/mol. The van der Waals surface area contributed by atoms with E-state index in [4.69, 9.17) is 9.15 Å². The summed E-state index contributed by atoms with van der Waals surface area (Å²) in [6.07, 6.45) is 0. The summed E-state index contributed by atoms with van der Waals surface area (Å²) in [6, 6.07) is 10.7. The first-order valence-corrected chi connectivity index (χ1v) is 7.91. The van der Waals surface area contributed by atoms with Gasteiger partial charge in [-0.05, 0) is 43.2 Å². The molecule has 5 heteroatoms. The number of ketones is 1. The van der Waals surface area contributed by atoms with Gasteiger partial charge in [0.1, 0.15) is 0 Å². The molecule has 1 heterocycles. The van der Waals surface area contributed by atoms with Gasteiger partial charge < -0.3 is 14.5 Å². The lowest BCUT2D eigenvalue weighted by molar-refractivity contribution is 0.0987. The van der Waals surface area contributed by atoms with Gasteiger partial charge in [0.2, 0.25) is 0 Å². The molecule has 0 aliphatic rings. The van der Waals surface area contributed by atoms with Crippen molar-refractivity contribution >= 4 is 28.3 Å². The van der Waals surface area contributed by atoms with Crippen molar-refractivity contribution in [3.63, 3.8) is 0 Å². The number of furan rings is 1. The van der Waals surface area contributed by atoms with Crippen molar-refractivity contribution in [2.24, 2.45) is 0 Å². The quantitative estimate of drug-likeness (QED) is 0.711. The minimum absolute atomic E-state index is 0.195. The van der Waals surface area contributed by atoms with Crippen LogP contribution in [0.3, 0.4) is 0 Å². The molecular weight excluding hydrogens is 318 g/mol. The number of amides is 1. The molecule has 0 atom stereocenters. The second-order valence-corrected chi connectivity index (χ2v) is 5.95. The van der Waals surface area contributed by atoms with Gasteiger partial charge in [-0.3, -0.25) is 9.59 Å². The molecule has 0 radical (unpaired) electrons. The van der Waals surface area contributed by atoms with Gasteiger partial charge in [0, 0.05) is 18.0 Å². The number of carbonyl (C=O) groups is 2. The number of ether oxygens (including phenoxy) is 1. The Labute approximate surface area is 145 Å². The van der Waals surface area contributed by atoms with Crippen molar-refractivity contribution in [2.75, 3.05) is 12.4 Å². The van der Waals surface area contributed by atoms with E-state index in [9.17, 15) is 9.59 Å². The number of fused-ring (bicyclic) bond motifs is 1. The number of hydrogen-bond acceptors (Lipinski definition) is 4. The summed E-state index contributed by atoms with van der Waals surface area (Å²) < 4.78 is 10.9. The second kappa shape index (κ2) is 6.43. The van der Waals surface area contributed by atoms with E-state index in [1.54, 1.807) is 18.2 Å². The maximum absolute atomic E-state index is 12.8. The van der Waals surface area contributed by atoms with Crippen LogP contribution in [-0.4, -0.2) is 18.8 Å². The molecule has 0 bridgehead atoms. The first-order valence-electron chi connectivity index (χ1n) is 7.91. The largest absolute Gasteiger partial charge is 0.493 e.